The van der Waals surface area contributed by atoms with E-state index < -0.39 is 0 Å². The Labute approximate surface area is 134 Å². The number of oxazole rings is 1. The van der Waals surface area contributed by atoms with Crippen molar-refractivity contribution in [3.8, 4) is 11.5 Å². The normalized spacial score (nSPS) is 19.3. The Morgan fingerprint density at radius 1 is 1.33 bits per heavy atom. The lowest BCUT2D eigenvalue weighted by molar-refractivity contribution is 0.271. The fourth-order valence-corrected chi connectivity index (χ4v) is 3.21. The van der Waals surface area contributed by atoms with E-state index in [4.69, 9.17) is 4.42 Å². The molecule has 0 spiro atoms. The maximum absolute atomic E-state index is 5.84. The van der Waals surface area contributed by atoms with Crippen LogP contribution in [0, 0.1) is 6.92 Å². The van der Waals surface area contributed by atoms with E-state index in [0.717, 1.165) is 40.3 Å². The van der Waals surface area contributed by atoms with Crippen molar-refractivity contribution in [2.75, 3.05) is 13.1 Å². The molecule has 0 bridgehead atoms. The Balaban J connectivity index is 1.70. The van der Waals surface area contributed by atoms with Crippen LogP contribution in [0.4, 0.5) is 0 Å². The van der Waals surface area contributed by atoms with E-state index in [0.29, 0.717) is 6.04 Å². The Kier molecular flexibility index (Phi) is 4.45. The number of benzene rings is 1. The predicted octanol–water partition coefficient (Wildman–Crippen LogP) is 4.44. The molecule has 0 amide bonds. The van der Waals surface area contributed by atoms with E-state index in [-0.39, 0.29) is 0 Å². The van der Waals surface area contributed by atoms with E-state index >= 15 is 0 Å². The van der Waals surface area contributed by atoms with Crippen LogP contribution in [0.1, 0.15) is 31.2 Å². The zero-order chi connectivity index (χ0) is 14.8. The summed E-state index contributed by atoms with van der Waals surface area (Å²) < 4.78 is 6.91. The monoisotopic (exact) mass is 348 g/mol. The highest BCUT2D eigenvalue weighted by Gasteiger charge is 2.20. The average Bonchev–Trinajstić information content (AvgIpc) is 3.04. The fraction of sp³-hybridized carbons (Fsp3) is 0.471. The molecule has 0 N–H and O–H groups in total. The van der Waals surface area contributed by atoms with Gasteiger partial charge in [0.2, 0.25) is 5.89 Å². The van der Waals surface area contributed by atoms with E-state index in [9.17, 15) is 0 Å². The molecule has 2 aromatic rings. The van der Waals surface area contributed by atoms with Crippen molar-refractivity contribution in [3.63, 3.8) is 0 Å². The van der Waals surface area contributed by atoms with Crippen molar-refractivity contribution in [2.45, 2.75) is 39.2 Å². The van der Waals surface area contributed by atoms with Gasteiger partial charge in [-0.05, 0) is 57.5 Å². The third-order valence-corrected chi connectivity index (χ3v) is 4.84. The predicted molar refractivity (Wildman–Crippen MR) is 88.3 cm³/mol. The number of hydrogen-bond acceptors (Lipinski definition) is 3. The molecule has 1 unspecified atom stereocenters. The standard InChI is InChI=1S/C17H21BrN2O/c1-12-4-3-10-20(12)11-9-16-13(2)21-17(19-16)14-5-7-15(18)8-6-14/h5-8,12H,3-4,9-11H2,1-2H3. The zero-order valence-corrected chi connectivity index (χ0v) is 14.2. The summed E-state index contributed by atoms with van der Waals surface area (Å²) in [5.41, 5.74) is 2.12. The highest BCUT2D eigenvalue weighted by Crippen LogP contribution is 2.24. The van der Waals surface area contributed by atoms with Crippen molar-refractivity contribution < 1.29 is 4.42 Å². The van der Waals surface area contributed by atoms with Gasteiger partial charge in [-0.3, -0.25) is 0 Å². The lowest BCUT2D eigenvalue weighted by atomic mass is 10.2. The summed E-state index contributed by atoms with van der Waals surface area (Å²) in [4.78, 5) is 7.24. The first-order chi connectivity index (χ1) is 10.1. The van der Waals surface area contributed by atoms with Gasteiger partial charge in [0.1, 0.15) is 5.76 Å². The van der Waals surface area contributed by atoms with Crippen LogP contribution in [-0.4, -0.2) is 29.0 Å². The summed E-state index contributed by atoms with van der Waals surface area (Å²) in [6, 6.07) is 8.80. The smallest absolute Gasteiger partial charge is 0.226 e. The van der Waals surface area contributed by atoms with Crippen molar-refractivity contribution in [1.82, 2.24) is 9.88 Å². The van der Waals surface area contributed by atoms with Gasteiger partial charge in [0.05, 0.1) is 5.69 Å². The molecule has 1 saturated heterocycles. The first kappa shape index (κ1) is 14.8. The topological polar surface area (TPSA) is 29.3 Å². The number of halogens is 1. The van der Waals surface area contributed by atoms with Crippen molar-refractivity contribution in [1.29, 1.82) is 0 Å². The fourth-order valence-electron chi connectivity index (χ4n) is 2.95. The molecule has 3 rings (SSSR count). The number of aryl methyl sites for hydroxylation is 1. The second kappa shape index (κ2) is 6.32. The van der Waals surface area contributed by atoms with Gasteiger partial charge in [-0.15, -0.1) is 0 Å². The largest absolute Gasteiger partial charge is 0.441 e. The summed E-state index contributed by atoms with van der Waals surface area (Å²) in [6.07, 6.45) is 3.61. The van der Waals surface area contributed by atoms with Crippen LogP contribution in [0.15, 0.2) is 33.2 Å². The van der Waals surface area contributed by atoms with E-state index in [1.54, 1.807) is 0 Å². The summed E-state index contributed by atoms with van der Waals surface area (Å²) in [6.45, 7) is 6.62. The minimum Gasteiger partial charge on any atom is -0.441 e. The molecular formula is C17H21BrN2O. The molecule has 1 aliphatic heterocycles. The number of nitrogens with zero attached hydrogens (tertiary/aromatic N) is 2. The van der Waals surface area contributed by atoms with Gasteiger partial charge in [0, 0.05) is 29.0 Å². The molecule has 1 aliphatic rings. The van der Waals surface area contributed by atoms with Crippen molar-refractivity contribution in [2.24, 2.45) is 0 Å². The molecule has 1 atom stereocenters. The lowest BCUT2D eigenvalue weighted by Crippen LogP contribution is -2.29. The van der Waals surface area contributed by atoms with Gasteiger partial charge in [-0.1, -0.05) is 15.9 Å². The van der Waals surface area contributed by atoms with Gasteiger partial charge in [-0.25, -0.2) is 4.98 Å². The number of rotatable bonds is 4. The molecule has 1 aromatic carbocycles. The highest BCUT2D eigenvalue weighted by atomic mass is 79.9. The lowest BCUT2D eigenvalue weighted by Gasteiger charge is -2.20. The van der Waals surface area contributed by atoms with Gasteiger partial charge in [-0.2, -0.15) is 0 Å². The van der Waals surface area contributed by atoms with Crippen LogP contribution in [0.2, 0.25) is 0 Å². The van der Waals surface area contributed by atoms with Gasteiger partial charge in [0.15, 0.2) is 0 Å². The Morgan fingerprint density at radius 2 is 2.10 bits per heavy atom. The van der Waals surface area contributed by atoms with Crippen LogP contribution in [-0.2, 0) is 6.42 Å². The molecule has 2 heterocycles. The maximum atomic E-state index is 5.84. The van der Waals surface area contributed by atoms with Gasteiger partial charge < -0.3 is 9.32 Å². The zero-order valence-electron chi connectivity index (χ0n) is 12.6. The van der Waals surface area contributed by atoms with E-state index in [1.807, 2.05) is 31.2 Å². The molecule has 0 saturated carbocycles. The summed E-state index contributed by atoms with van der Waals surface area (Å²) in [5, 5.41) is 0. The SMILES string of the molecule is Cc1oc(-c2ccc(Br)cc2)nc1CCN1CCCC1C. The minimum absolute atomic E-state index is 0.711. The summed E-state index contributed by atoms with van der Waals surface area (Å²) >= 11 is 3.45. The third-order valence-electron chi connectivity index (χ3n) is 4.31. The summed E-state index contributed by atoms with van der Waals surface area (Å²) in [5.74, 6) is 1.67. The van der Waals surface area contributed by atoms with Crippen molar-refractivity contribution >= 4 is 15.9 Å². The molecule has 4 heteroatoms. The van der Waals surface area contributed by atoms with Gasteiger partial charge in [0.25, 0.3) is 0 Å². The average molecular weight is 349 g/mol. The molecule has 3 nitrogen and oxygen atoms in total. The molecule has 0 radical (unpaired) electrons. The number of aromatic nitrogens is 1. The van der Waals surface area contributed by atoms with Crippen LogP contribution < -0.4 is 0 Å². The molecule has 1 aromatic heterocycles. The van der Waals surface area contributed by atoms with Gasteiger partial charge >= 0.3 is 0 Å². The maximum Gasteiger partial charge on any atom is 0.226 e. The number of likely N-dealkylation sites (tertiary alicyclic amines) is 1. The van der Waals surface area contributed by atoms with Crippen LogP contribution in [0.25, 0.3) is 11.5 Å². The Morgan fingerprint density at radius 3 is 2.76 bits per heavy atom. The Hall–Kier alpha value is -1.13. The third kappa shape index (κ3) is 3.38. The molecule has 0 aliphatic carbocycles. The highest BCUT2D eigenvalue weighted by molar-refractivity contribution is 9.10. The molecular weight excluding hydrogens is 328 g/mol. The van der Waals surface area contributed by atoms with E-state index in [1.165, 1.54) is 19.4 Å². The van der Waals surface area contributed by atoms with Crippen LogP contribution >= 0.6 is 15.9 Å². The van der Waals surface area contributed by atoms with E-state index in [2.05, 4.69) is 32.7 Å². The first-order valence-electron chi connectivity index (χ1n) is 7.60. The Bertz CT molecular complexity index is 606. The molecule has 21 heavy (non-hydrogen) atoms. The quantitative estimate of drug-likeness (QED) is 0.817. The first-order valence-corrected chi connectivity index (χ1v) is 8.39. The second-order valence-corrected chi connectivity index (χ2v) is 6.72. The van der Waals surface area contributed by atoms with Crippen molar-refractivity contribution in [3.05, 3.63) is 40.2 Å². The van der Waals surface area contributed by atoms with Crippen LogP contribution in [0.3, 0.4) is 0 Å². The number of hydrogen-bond donors (Lipinski definition) is 0. The minimum atomic E-state index is 0.711. The summed E-state index contributed by atoms with van der Waals surface area (Å²) in [7, 11) is 0. The molecule has 1 fully saturated rings. The van der Waals surface area contributed by atoms with Crippen LogP contribution in [0.5, 0.6) is 0 Å². The molecule has 112 valence electrons. The second-order valence-electron chi connectivity index (χ2n) is 5.81.